The summed E-state index contributed by atoms with van der Waals surface area (Å²) in [7, 11) is 0. The van der Waals surface area contributed by atoms with E-state index < -0.39 is 0 Å². The Morgan fingerprint density at radius 3 is 2.62 bits per heavy atom. The molecule has 3 rings (SSSR count). The Kier molecular flexibility index (Phi) is 4.98. The second-order valence-electron chi connectivity index (χ2n) is 4.94. The van der Waals surface area contributed by atoms with Crippen LogP contribution in [-0.4, -0.2) is 27.7 Å². The molecule has 0 aliphatic rings. The highest BCUT2D eigenvalue weighted by atomic mass is 32.1. The van der Waals surface area contributed by atoms with Crippen LogP contribution in [0, 0.1) is 4.77 Å². The van der Waals surface area contributed by atoms with E-state index in [4.69, 9.17) is 17.0 Å². The number of rotatable bonds is 6. The molecule has 1 aromatic heterocycles. The number of nitrogens with zero attached hydrogens (tertiary/aromatic N) is 3. The summed E-state index contributed by atoms with van der Waals surface area (Å²) in [5.41, 5.74) is 1.87. The number of ether oxygens (including phenoxy) is 1. The Morgan fingerprint density at radius 2 is 1.92 bits per heavy atom. The third-order valence-electron chi connectivity index (χ3n) is 3.25. The van der Waals surface area contributed by atoms with Gasteiger partial charge in [0.1, 0.15) is 12.4 Å². The molecule has 0 spiro atoms. The fourth-order valence-corrected chi connectivity index (χ4v) is 2.28. The van der Waals surface area contributed by atoms with E-state index in [1.807, 2.05) is 54.6 Å². The predicted octanol–water partition coefficient (Wildman–Crippen LogP) is 4.05. The standard InChI is InChI=1S/C18H16N4OS/c1-2-12-23-16-10-8-14(9-11-16)13-19-22-17(20-21-18(22)24)15-6-4-3-5-7-15/h2-11,13H,1,12H2,(H,21,24). The van der Waals surface area contributed by atoms with Gasteiger partial charge in [0.2, 0.25) is 4.77 Å². The maximum Gasteiger partial charge on any atom is 0.216 e. The topological polar surface area (TPSA) is 55.2 Å². The zero-order valence-electron chi connectivity index (χ0n) is 12.9. The van der Waals surface area contributed by atoms with Crippen molar-refractivity contribution in [3.05, 3.63) is 77.6 Å². The minimum atomic E-state index is 0.441. The number of aromatic amines is 1. The molecule has 1 heterocycles. The molecular weight excluding hydrogens is 320 g/mol. The minimum Gasteiger partial charge on any atom is -0.490 e. The number of H-pyrrole nitrogens is 1. The van der Waals surface area contributed by atoms with Crippen molar-refractivity contribution in [3.8, 4) is 17.1 Å². The van der Waals surface area contributed by atoms with Crippen LogP contribution < -0.4 is 4.74 Å². The summed E-state index contributed by atoms with van der Waals surface area (Å²) in [4.78, 5) is 0. The predicted molar refractivity (Wildman–Crippen MR) is 98.0 cm³/mol. The first kappa shape index (κ1) is 15.9. The molecule has 120 valence electrons. The fraction of sp³-hybridized carbons (Fsp3) is 0.0556. The maximum atomic E-state index is 5.46. The van der Waals surface area contributed by atoms with Crippen LogP contribution in [0.3, 0.4) is 0 Å². The lowest BCUT2D eigenvalue weighted by Gasteiger charge is -2.03. The summed E-state index contributed by atoms with van der Waals surface area (Å²) < 4.78 is 7.50. The second kappa shape index (κ2) is 7.52. The van der Waals surface area contributed by atoms with Crippen LogP contribution in [0.25, 0.3) is 11.4 Å². The van der Waals surface area contributed by atoms with E-state index in [-0.39, 0.29) is 0 Å². The molecule has 0 saturated heterocycles. The van der Waals surface area contributed by atoms with Crippen LogP contribution >= 0.6 is 12.2 Å². The number of hydrogen-bond donors (Lipinski definition) is 1. The smallest absolute Gasteiger partial charge is 0.216 e. The first-order valence-electron chi connectivity index (χ1n) is 7.39. The summed E-state index contributed by atoms with van der Waals surface area (Å²) in [6.07, 6.45) is 3.44. The van der Waals surface area contributed by atoms with Gasteiger partial charge in [-0.25, -0.2) is 5.10 Å². The van der Waals surface area contributed by atoms with Crippen LogP contribution in [-0.2, 0) is 0 Å². The highest BCUT2D eigenvalue weighted by Gasteiger charge is 2.06. The van der Waals surface area contributed by atoms with E-state index in [2.05, 4.69) is 21.9 Å². The lowest BCUT2D eigenvalue weighted by molar-refractivity contribution is 0.363. The van der Waals surface area contributed by atoms with Gasteiger partial charge < -0.3 is 4.74 Å². The average molecular weight is 336 g/mol. The summed E-state index contributed by atoms with van der Waals surface area (Å²) >= 11 is 5.26. The van der Waals surface area contributed by atoms with Gasteiger partial charge in [-0.05, 0) is 42.0 Å². The van der Waals surface area contributed by atoms with Crippen LogP contribution in [0.5, 0.6) is 5.75 Å². The molecule has 0 aliphatic heterocycles. The van der Waals surface area contributed by atoms with Gasteiger partial charge in [0, 0.05) is 5.56 Å². The van der Waals surface area contributed by atoms with Gasteiger partial charge in [-0.15, -0.1) is 0 Å². The molecule has 0 radical (unpaired) electrons. The highest BCUT2D eigenvalue weighted by molar-refractivity contribution is 7.71. The van der Waals surface area contributed by atoms with Crippen molar-refractivity contribution in [2.45, 2.75) is 0 Å². The maximum absolute atomic E-state index is 5.46. The van der Waals surface area contributed by atoms with Gasteiger partial charge in [0.15, 0.2) is 5.82 Å². The Labute approximate surface area is 144 Å². The molecule has 24 heavy (non-hydrogen) atoms. The zero-order chi connectivity index (χ0) is 16.8. The van der Waals surface area contributed by atoms with Gasteiger partial charge >= 0.3 is 0 Å². The molecule has 0 aliphatic carbocycles. The van der Waals surface area contributed by atoms with Gasteiger partial charge in [0.25, 0.3) is 0 Å². The van der Waals surface area contributed by atoms with Crippen LogP contribution in [0.4, 0.5) is 0 Å². The van der Waals surface area contributed by atoms with Crippen molar-refractivity contribution < 1.29 is 4.74 Å². The van der Waals surface area contributed by atoms with Gasteiger partial charge in [-0.3, -0.25) is 0 Å². The normalized spacial score (nSPS) is 10.8. The molecule has 0 unspecified atom stereocenters. The van der Waals surface area contributed by atoms with Crippen molar-refractivity contribution in [2.24, 2.45) is 5.10 Å². The SMILES string of the molecule is C=CCOc1ccc(C=Nn2c(-c3ccccc3)n[nH]c2=S)cc1. The quantitative estimate of drug-likeness (QED) is 0.420. The summed E-state index contributed by atoms with van der Waals surface area (Å²) in [6, 6.07) is 17.4. The van der Waals surface area contributed by atoms with E-state index in [0.717, 1.165) is 16.9 Å². The molecule has 1 N–H and O–H groups in total. The molecular formula is C18H16N4OS. The van der Waals surface area contributed by atoms with Gasteiger partial charge in [-0.2, -0.15) is 14.9 Å². The minimum absolute atomic E-state index is 0.441. The third kappa shape index (κ3) is 3.67. The van der Waals surface area contributed by atoms with Crippen LogP contribution in [0.2, 0.25) is 0 Å². The zero-order valence-corrected chi connectivity index (χ0v) is 13.7. The molecule has 0 amide bonds. The molecule has 0 fully saturated rings. The summed E-state index contributed by atoms with van der Waals surface area (Å²) in [6.45, 7) is 4.11. The van der Waals surface area contributed by atoms with Gasteiger partial charge in [0.05, 0.1) is 6.21 Å². The fourth-order valence-electron chi connectivity index (χ4n) is 2.10. The first-order valence-corrected chi connectivity index (χ1v) is 7.80. The number of benzene rings is 2. The lowest BCUT2D eigenvalue weighted by atomic mass is 10.2. The van der Waals surface area contributed by atoms with Crippen LogP contribution in [0.15, 0.2) is 72.4 Å². The van der Waals surface area contributed by atoms with E-state index >= 15 is 0 Å². The second-order valence-corrected chi connectivity index (χ2v) is 5.33. The Balaban J connectivity index is 1.83. The largest absolute Gasteiger partial charge is 0.490 e. The summed E-state index contributed by atoms with van der Waals surface area (Å²) in [5.74, 6) is 1.46. The van der Waals surface area contributed by atoms with Gasteiger partial charge in [-0.1, -0.05) is 43.0 Å². The Morgan fingerprint density at radius 1 is 1.17 bits per heavy atom. The van der Waals surface area contributed by atoms with Crippen LogP contribution in [0.1, 0.15) is 5.56 Å². The molecule has 5 nitrogen and oxygen atoms in total. The molecule has 0 atom stereocenters. The van der Waals surface area contributed by atoms with Crippen molar-refractivity contribution >= 4 is 18.4 Å². The molecule has 0 saturated carbocycles. The lowest BCUT2D eigenvalue weighted by Crippen LogP contribution is -1.95. The number of hydrogen-bond acceptors (Lipinski definition) is 4. The van der Waals surface area contributed by atoms with Crippen molar-refractivity contribution in [3.63, 3.8) is 0 Å². The van der Waals surface area contributed by atoms with Crippen molar-refractivity contribution in [1.29, 1.82) is 0 Å². The van der Waals surface area contributed by atoms with E-state index in [1.165, 1.54) is 0 Å². The molecule has 3 aromatic rings. The Hall–Kier alpha value is -2.99. The van der Waals surface area contributed by atoms with Crippen molar-refractivity contribution in [2.75, 3.05) is 6.61 Å². The Bertz CT molecular complexity index is 895. The molecule has 2 aromatic carbocycles. The molecule has 6 heteroatoms. The molecule has 0 bridgehead atoms. The average Bonchev–Trinajstić information content (AvgIpc) is 3.00. The third-order valence-corrected chi connectivity index (χ3v) is 3.52. The highest BCUT2D eigenvalue weighted by Crippen LogP contribution is 2.16. The number of nitrogens with one attached hydrogen (secondary N) is 1. The van der Waals surface area contributed by atoms with E-state index in [1.54, 1.807) is 17.0 Å². The summed E-state index contributed by atoms with van der Waals surface area (Å²) in [5, 5.41) is 11.5. The monoisotopic (exact) mass is 336 g/mol. The van der Waals surface area contributed by atoms with E-state index in [0.29, 0.717) is 17.2 Å². The number of aromatic nitrogens is 3. The van der Waals surface area contributed by atoms with E-state index in [9.17, 15) is 0 Å². The first-order chi connectivity index (χ1) is 11.8. The van der Waals surface area contributed by atoms with Crippen molar-refractivity contribution in [1.82, 2.24) is 14.9 Å².